The van der Waals surface area contributed by atoms with E-state index in [1.807, 2.05) is 17.7 Å². The van der Waals surface area contributed by atoms with E-state index in [0.717, 1.165) is 30.9 Å². The van der Waals surface area contributed by atoms with Crippen molar-refractivity contribution in [1.29, 1.82) is 0 Å². The molecule has 0 unspecified atom stereocenters. The molecule has 2 N–H and O–H groups in total. The number of aryl methyl sites for hydroxylation is 1. The summed E-state index contributed by atoms with van der Waals surface area (Å²) in [6.07, 6.45) is 9.55. The van der Waals surface area contributed by atoms with Crippen LogP contribution in [0, 0.1) is 6.92 Å². The summed E-state index contributed by atoms with van der Waals surface area (Å²) < 4.78 is 1.88. The first-order valence-corrected chi connectivity index (χ1v) is 6.51. The highest BCUT2D eigenvalue weighted by atomic mass is 16.3. The Kier molecular flexibility index (Phi) is 3.16. The molecule has 1 aliphatic carbocycles. The van der Waals surface area contributed by atoms with E-state index in [-0.39, 0.29) is 12.1 Å². The fourth-order valence-corrected chi connectivity index (χ4v) is 2.46. The summed E-state index contributed by atoms with van der Waals surface area (Å²) in [6, 6.07) is 0.0773. The standard InChI is InChI=1S/C13H17N5O/c1-9-15-5-6-18(9)13-8-14-7-12(17-13)16-10-3-2-4-11(10)19/h5-8,10-11,19H,2-4H2,1H3,(H,16,17)/t10-,11-/m1/s1. The lowest BCUT2D eigenvalue weighted by atomic mass is 10.2. The highest BCUT2D eigenvalue weighted by molar-refractivity contribution is 5.38. The quantitative estimate of drug-likeness (QED) is 0.868. The topological polar surface area (TPSA) is 75.9 Å². The van der Waals surface area contributed by atoms with Crippen molar-refractivity contribution in [2.75, 3.05) is 5.32 Å². The predicted molar refractivity (Wildman–Crippen MR) is 71.2 cm³/mol. The number of hydrogen-bond acceptors (Lipinski definition) is 5. The van der Waals surface area contributed by atoms with Crippen molar-refractivity contribution in [3.8, 4) is 5.82 Å². The Morgan fingerprint density at radius 2 is 2.26 bits per heavy atom. The summed E-state index contributed by atoms with van der Waals surface area (Å²) in [7, 11) is 0. The van der Waals surface area contributed by atoms with Gasteiger partial charge in [-0.05, 0) is 26.2 Å². The van der Waals surface area contributed by atoms with Gasteiger partial charge in [-0.3, -0.25) is 9.55 Å². The Bertz CT molecular complexity index is 568. The second-order valence-corrected chi connectivity index (χ2v) is 4.86. The van der Waals surface area contributed by atoms with E-state index in [9.17, 15) is 5.11 Å². The van der Waals surface area contributed by atoms with E-state index in [2.05, 4.69) is 20.3 Å². The fraction of sp³-hybridized carbons (Fsp3) is 0.462. The second kappa shape index (κ2) is 4.97. The number of aliphatic hydroxyl groups excluding tert-OH is 1. The molecule has 2 heterocycles. The minimum atomic E-state index is -0.291. The van der Waals surface area contributed by atoms with E-state index in [1.54, 1.807) is 18.6 Å². The Morgan fingerprint density at radius 3 is 2.95 bits per heavy atom. The van der Waals surface area contributed by atoms with Crippen LogP contribution >= 0.6 is 0 Å². The number of aromatic nitrogens is 4. The zero-order valence-electron chi connectivity index (χ0n) is 10.8. The average Bonchev–Trinajstić information content (AvgIpc) is 3.00. The zero-order chi connectivity index (χ0) is 13.2. The van der Waals surface area contributed by atoms with Gasteiger partial charge in [-0.25, -0.2) is 9.97 Å². The molecule has 2 aromatic heterocycles. The third-order valence-electron chi connectivity index (χ3n) is 3.51. The number of nitrogens with zero attached hydrogens (tertiary/aromatic N) is 4. The first kappa shape index (κ1) is 12.1. The average molecular weight is 259 g/mol. The van der Waals surface area contributed by atoms with Crippen LogP contribution in [0.25, 0.3) is 5.82 Å². The number of rotatable bonds is 3. The van der Waals surface area contributed by atoms with Crippen molar-refractivity contribution in [3.05, 3.63) is 30.6 Å². The van der Waals surface area contributed by atoms with Gasteiger partial charge in [-0.1, -0.05) is 0 Å². The summed E-state index contributed by atoms with van der Waals surface area (Å²) in [4.78, 5) is 12.9. The van der Waals surface area contributed by atoms with E-state index < -0.39 is 0 Å². The predicted octanol–water partition coefficient (Wildman–Crippen LogP) is 1.30. The van der Waals surface area contributed by atoms with E-state index >= 15 is 0 Å². The molecule has 0 radical (unpaired) electrons. The van der Waals surface area contributed by atoms with E-state index in [1.165, 1.54) is 0 Å². The first-order chi connectivity index (χ1) is 9.24. The molecule has 1 aliphatic rings. The highest BCUT2D eigenvalue weighted by Crippen LogP contribution is 2.22. The molecule has 3 rings (SSSR count). The third kappa shape index (κ3) is 2.44. The Morgan fingerprint density at radius 1 is 1.37 bits per heavy atom. The molecular weight excluding hydrogens is 242 g/mol. The van der Waals surface area contributed by atoms with Gasteiger partial charge in [-0.15, -0.1) is 0 Å². The van der Waals surface area contributed by atoms with Crippen LogP contribution in [0.4, 0.5) is 5.82 Å². The van der Waals surface area contributed by atoms with Gasteiger partial charge in [0, 0.05) is 12.4 Å². The molecule has 0 amide bonds. The summed E-state index contributed by atoms with van der Waals surface area (Å²) >= 11 is 0. The molecule has 0 aliphatic heterocycles. The lowest BCUT2D eigenvalue weighted by Gasteiger charge is -2.17. The highest BCUT2D eigenvalue weighted by Gasteiger charge is 2.25. The summed E-state index contributed by atoms with van der Waals surface area (Å²) in [5.74, 6) is 2.29. The molecule has 19 heavy (non-hydrogen) atoms. The maximum Gasteiger partial charge on any atom is 0.159 e. The lowest BCUT2D eigenvalue weighted by molar-refractivity contribution is 0.171. The van der Waals surface area contributed by atoms with Crippen LogP contribution in [0.5, 0.6) is 0 Å². The molecule has 0 spiro atoms. The molecule has 100 valence electrons. The van der Waals surface area contributed by atoms with Crippen molar-refractivity contribution in [2.24, 2.45) is 0 Å². The van der Waals surface area contributed by atoms with Crippen molar-refractivity contribution >= 4 is 5.82 Å². The van der Waals surface area contributed by atoms with Crippen LogP contribution < -0.4 is 5.32 Å². The fourth-order valence-electron chi connectivity index (χ4n) is 2.46. The molecule has 1 saturated carbocycles. The summed E-state index contributed by atoms with van der Waals surface area (Å²) in [6.45, 7) is 1.92. The van der Waals surface area contributed by atoms with Crippen molar-refractivity contribution in [1.82, 2.24) is 19.5 Å². The first-order valence-electron chi connectivity index (χ1n) is 6.51. The molecule has 0 bridgehead atoms. The SMILES string of the molecule is Cc1nccn1-c1cncc(N[C@@H]2CCC[C@H]2O)n1. The van der Waals surface area contributed by atoms with Crippen LogP contribution in [0.3, 0.4) is 0 Å². The van der Waals surface area contributed by atoms with Gasteiger partial charge in [0.15, 0.2) is 5.82 Å². The molecule has 0 aromatic carbocycles. The molecule has 6 nitrogen and oxygen atoms in total. The van der Waals surface area contributed by atoms with Crippen molar-refractivity contribution in [2.45, 2.75) is 38.3 Å². The number of nitrogens with one attached hydrogen (secondary N) is 1. The van der Waals surface area contributed by atoms with Crippen LogP contribution in [-0.2, 0) is 0 Å². The Labute approximate surface area is 111 Å². The minimum absolute atomic E-state index is 0.0773. The van der Waals surface area contributed by atoms with Crippen molar-refractivity contribution in [3.63, 3.8) is 0 Å². The normalized spacial score (nSPS) is 22.6. The maximum absolute atomic E-state index is 9.82. The number of aliphatic hydroxyl groups is 1. The molecule has 0 saturated heterocycles. The summed E-state index contributed by atoms with van der Waals surface area (Å²) in [5.41, 5.74) is 0. The van der Waals surface area contributed by atoms with Crippen molar-refractivity contribution < 1.29 is 5.11 Å². The van der Waals surface area contributed by atoms with Gasteiger partial charge in [0.1, 0.15) is 11.6 Å². The smallest absolute Gasteiger partial charge is 0.159 e. The number of anilines is 1. The maximum atomic E-state index is 9.82. The zero-order valence-corrected chi connectivity index (χ0v) is 10.8. The Balaban J connectivity index is 1.82. The monoisotopic (exact) mass is 259 g/mol. The molecule has 2 atom stereocenters. The summed E-state index contributed by atoms with van der Waals surface area (Å²) in [5, 5.41) is 13.1. The molecule has 1 fully saturated rings. The molecular formula is C13H17N5O. The number of hydrogen-bond donors (Lipinski definition) is 2. The van der Waals surface area contributed by atoms with Gasteiger partial charge in [0.25, 0.3) is 0 Å². The Hall–Kier alpha value is -1.95. The van der Waals surface area contributed by atoms with Gasteiger partial charge >= 0.3 is 0 Å². The number of imidazole rings is 1. The van der Waals surface area contributed by atoms with Gasteiger partial charge < -0.3 is 10.4 Å². The van der Waals surface area contributed by atoms with Crippen LogP contribution in [0.1, 0.15) is 25.1 Å². The van der Waals surface area contributed by atoms with E-state index in [4.69, 9.17) is 0 Å². The molecule has 2 aromatic rings. The largest absolute Gasteiger partial charge is 0.391 e. The van der Waals surface area contributed by atoms with Gasteiger partial charge in [0.2, 0.25) is 0 Å². The minimum Gasteiger partial charge on any atom is -0.391 e. The second-order valence-electron chi connectivity index (χ2n) is 4.86. The van der Waals surface area contributed by atoms with Crippen LogP contribution in [0.2, 0.25) is 0 Å². The van der Waals surface area contributed by atoms with Gasteiger partial charge in [-0.2, -0.15) is 0 Å². The lowest BCUT2D eigenvalue weighted by Crippen LogP contribution is -2.28. The third-order valence-corrected chi connectivity index (χ3v) is 3.51. The van der Waals surface area contributed by atoms with Crippen LogP contribution in [-0.4, -0.2) is 36.8 Å². The van der Waals surface area contributed by atoms with E-state index in [0.29, 0.717) is 5.82 Å². The van der Waals surface area contributed by atoms with Gasteiger partial charge in [0.05, 0.1) is 24.5 Å². The van der Waals surface area contributed by atoms with Crippen LogP contribution in [0.15, 0.2) is 24.8 Å². The molecule has 6 heteroatoms.